The van der Waals surface area contributed by atoms with Crippen molar-refractivity contribution >= 4 is 38.9 Å². The van der Waals surface area contributed by atoms with Crippen molar-refractivity contribution in [1.82, 2.24) is 0 Å². The van der Waals surface area contributed by atoms with E-state index in [1.807, 2.05) is 25.1 Å². The molecule has 0 saturated carbocycles. The first-order chi connectivity index (χ1) is 14.2. The van der Waals surface area contributed by atoms with Gasteiger partial charge in [-0.05, 0) is 54.3 Å². The molecule has 3 aromatic rings. The molecule has 2 N–H and O–H groups in total. The van der Waals surface area contributed by atoms with Crippen LogP contribution in [0.3, 0.4) is 0 Å². The quantitative estimate of drug-likeness (QED) is 0.504. The Hall–Kier alpha value is -2.83. The Balaban J connectivity index is 1.90. The van der Waals surface area contributed by atoms with Crippen LogP contribution >= 0.6 is 11.6 Å². The Bertz CT molecular complexity index is 1180. The molecule has 156 valence electrons. The molecule has 1 amide bonds. The lowest BCUT2D eigenvalue weighted by atomic mass is 9.98. The third-order valence-electron chi connectivity index (χ3n) is 4.68. The van der Waals surface area contributed by atoms with Gasteiger partial charge in [0.2, 0.25) is 0 Å². The predicted molar refractivity (Wildman–Crippen MR) is 122 cm³/mol. The zero-order chi connectivity index (χ0) is 21.9. The highest BCUT2D eigenvalue weighted by Crippen LogP contribution is 2.29. The van der Waals surface area contributed by atoms with Crippen molar-refractivity contribution in [2.24, 2.45) is 0 Å². The van der Waals surface area contributed by atoms with Crippen LogP contribution in [-0.2, 0) is 10.0 Å². The van der Waals surface area contributed by atoms with Gasteiger partial charge in [-0.2, -0.15) is 0 Å². The van der Waals surface area contributed by atoms with Crippen LogP contribution in [0.1, 0.15) is 41.3 Å². The number of sulfonamides is 1. The SMILES string of the molecule is Cc1cccc(C(C)C)c1NC(=O)c1cc(NS(=O)(=O)c2ccccc2)ccc1Cl. The number of para-hydroxylation sites is 1. The molecule has 0 bridgehead atoms. The van der Waals surface area contributed by atoms with Crippen LogP contribution in [0, 0.1) is 6.92 Å². The molecule has 0 heterocycles. The summed E-state index contributed by atoms with van der Waals surface area (Å²) in [5.41, 5.74) is 3.13. The standard InChI is InChI=1S/C23H23ClN2O3S/c1-15(2)19-11-7-8-16(3)22(19)25-23(27)20-14-17(12-13-21(20)24)26-30(28,29)18-9-5-4-6-10-18/h4-15,26H,1-3H3,(H,25,27). The summed E-state index contributed by atoms with van der Waals surface area (Å²) in [7, 11) is -3.78. The number of halogens is 1. The number of aryl methyl sites for hydroxylation is 1. The Labute approximate surface area is 182 Å². The largest absolute Gasteiger partial charge is 0.321 e. The van der Waals surface area contributed by atoms with E-state index in [-0.39, 0.29) is 27.1 Å². The molecule has 0 fully saturated rings. The summed E-state index contributed by atoms with van der Waals surface area (Å²) in [5.74, 6) is -0.184. The zero-order valence-corrected chi connectivity index (χ0v) is 18.5. The summed E-state index contributed by atoms with van der Waals surface area (Å²) in [5, 5.41) is 3.17. The molecule has 3 rings (SSSR count). The van der Waals surface area contributed by atoms with Gasteiger partial charge in [0, 0.05) is 11.4 Å². The molecule has 0 radical (unpaired) electrons. The van der Waals surface area contributed by atoms with E-state index in [9.17, 15) is 13.2 Å². The second-order valence-electron chi connectivity index (χ2n) is 7.26. The Kier molecular flexibility index (Phi) is 6.48. The molecule has 0 atom stereocenters. The molecule has 7 heteroatoms. The average molecular weight is 443 g/mol. The number of amides is 1. The number of hydrogen-bond donors (Lipinski definition) is 2. The minimum absolute atomic E-state index is 0.132. The minimum Gasteiger partial charge on any atom is -0.321 e. The summed E-state index contributed by atoms with van der Waals surface area (Å²) in [4.78, 5) is 13.1. The number of nitrogens with one attached hydrogen (secondary N) is 2. The van der Waals surface area contributed by atoms with Crippen LogP contribution in [0.4, 0.5) is 11.4 Å². The van der Waals surface area contributed by atoms with E-state index in [0.717, 1.165) is 16.8 Å². The summed E-state index contributed by atoms with van der Waals surface area (Å²) in [6.07, 6.45) is 0. The maximum absolute atomic E-state index is 13.0. The van der Waals surface area contributed by atoms with Gasteiger partial charge in [-0.3, -0.25) is 9.52 Å². The van der Waals surface area contributed by atoms with Crippen LogP contribution < -0.4 is 10.0 Å². The number of carbonyl (C=O) groups excluding carboxylic acids is 1. The van der Waals surface area contributed by atoms with Gasteiger partial charge in [0.05, 0.1) is 15.5 Å². The lowest BCUT2D eigenvalue weighted by Gasteiger charge is -2.17. The summed E-state index contributed by atoms with van der Waals surface area (Å²) >= 11 is 6.25. The molecule has 5 nitrogen and oxygen atoms in total. The highest BCUT2D eigenvalue weighted by Gasteiger charge is 2.18. The topological polar surface area (TPSA) is 75.3 Å². The molecule has 0 unspecified atom stereocenters. The lowest BCUT2D eigenvalue weighted by molar-refractivity contribution is 0.102. The van der Waals surface area contributed by atoms with Crippen molar-refractivity contribution in [3.63, 3.8) is 0 Å². The van der Waals surface area contributed by atoms with Crippen molar-refractivity contribution in [3.05, 3.63) is 88.4 Å². The molecule has 0 aliphatic rings. The van der Waals surface area contributed by atoms with Crippen molar-refractivity contribution in [3.8, 4) is 0 Å². The Morgan fingerprint density at radius 3 is 2.33 bits per heavy atom. The van der Waals surface area contributed by atoms with Crippen LogP contribution in [0.25, 0.3) is 0 Å². The summed E-state index contributed by atoms with van der Waals surface area (Å²) in [6.45, 7) is 6.03. The summed E-state index contributed by atoms with van der Waals surface area (Å²) < 4.78 is 27.7. The van der Waals surface area contributed by atoms with E-state index in [1.54, 1.807) is 18.2 Å². The van der Waals surface area contributed by atoms with E-state index in [4.69, 9.17) is 11.6 Å². The Morgan fingerprint density at radius 2 is 1.67 bits per heavy atom. The maximum Gasteiger partial charge on any atom is 0.261 e. The van der Waals surface area contributed by atoms with Gasteiger partial charge in [-0.15, -0.1) is 0 Å². The summed E-state index contributed by atoms with van der Waals surface area (Å²) in [6, 6.07) is 18.3. The van der Waals surface area contributed by atoms with Crippen molar-refractivity contribution < 1.29 is 13.2 Å². The molecule has 0 aromatic heterocycles. The van der Waals surface area contributed by atoms with E-state index in [0.29, 0.717) is 0 Å². The van der Waals surface area contributed by atoms with Crippen LogP contribution in [0.5, 0.6) is 0 Å². The average Bonchev–Trinajstić information content (AvgIpc) is 2.71. The monoisotopic (exact) mass is 442 g/mol. The number of carbonyl (C=O) groups is 1. The normalized spacial score (nSPS) is 11.4. The number of hydrogen-bond acceptors (Lipinski definition) is 3. The second kappa shape index (κ2) is 8.90. The fraction of sp³-hybridized carbons (Fsp3) is 0.174. The first-order valence-electron chi connectivity index (χ1n) is 9.47. The van der Waals surface area contributed by atoms with Crippen LogP contribution in [0.2, 0.25) is 5.02 Å². The first kappa shape index (κ1) is 21.9. The van der Waals surface area contributed by atoms with E-state index in [2.05, 4.69) is 23.9 Å². The van der Waals surface area contributed by atoms with Gasteiger partial charge in [0.25, 0.3) is 15.9 Å². The van der Waals surface area contributed by atoms with Gasteiger partial charge in [-0.1, -0.05) is 61.8 Å². The van der Waals surface area contributed by atoms with E-state index in [1.165, 1.54) is 30.3 Å². The molecule has 3 aromatic carbocycles. The molecule has 0 spiro atoms. The fourth-order valence-corrected chi connectivity index (χ4v) is 4.37. The van der Waals surface area contributed by atoms with Crippen molar-refractivity contribution in [1.29, 1.82) is 0 Å². The Morgan fingerprint density at radius 1 is 0.967 bits per heavy atom. The number of benzene rings is 3. The highest BCUT2D eigenvalue weighted by atomic mass is 35.5. The van der Waals surface area contributed by atoms with Gasteiger partial charge in [-0.25, -0.2) is 8.42 Å². The number of anilines is 2. The smallest absolute Gasteiger partial charge is 0.261 e. The molecule has 30 heavy (non-hydrogen) atoms. The number of rotatable bonds is 6. The molecule has 0 aliphatic heterocycles. The maximum atomic E-state index is 13.0. The fourth-order valence-electron chi connectivity index (χ4n) is 3.10. The molecule has 0 aliphatic carbocycles. The molecular weight excluding hydrogens is 420 g/mol. The third-order valence-corrected chi connectivity index (χ3v) is 6.41. The van der Waals surface area contributed by atoms with Gasteiger partial charge >= 0.3 is 0 Å². The first-order valence-corrected chi connectivity index (χ1v) is 11.3. The van der Waals surface area contributed by atoms with E-state index >= 15 is 0 Å². The molecule has 0 saturated heterocycles. The van der Waals surface area contributed by atoms with Crippen LogP contribution in [-0.4, -0.2) is 14.3 Å². The molecular formula is C23H23ClN2O3S. The van der Waals surface area contributed by atoms with Crippen molar-refractivity contribution in [2.75, 3.05) is 10.0 Å². The van der Waals surface area contributed by atoms with E-state index < -0.39 is 15.9 Å². The van der Waals surface area contributed by atoms with Gasteiger partial charge < -0.3 is 5.32 Å². The minimum atomic E-state index is -3.78. The zero-order valence-electron chi connectivity index (χ0n) is 16.9. The lowest BCUT2D eigenvalue weighted by Crippen LogP contribution is -2.17. The van der Waals surface area contributed by atoms with Crippen LogP contribution in [0.15, 0.2) is 71.6 Å². The predicted octanol–water partition coefficient (Wildman–Crippen LogP) is 5.82. The highest BCUT2D eigenvalue weighted by molar-refractivity contribution is 7.92. The van der Waals surface area contributed by atoms with Gasteiger partial charge in [0.15, 0.2) is 0 Å². The van der Waals surface area contributed by atoms with Crippen molar-refractivity contribution in [2.45, 2.75) is 31.6 Å². The third kappa shape index (κ3) is 4.83. The second-order valence-corrected chi connectivity index (χ2v) is 9.35. The van der Waals surface area contributed by atoms with Gasteiger partial charge in [0.1, 0.15) is 0 Å².